The molecule has 0 rings (SSSR count). The summed E-state index contributed by atoms with van der Waals surface area (Å²) in [5.41, 5.74) is 1.03. The van der Waals surface area contributed by atoms with Crippen molar-refractivity contribution in [2.45, 2.75) is 20.8 Å². The van der Waals surface area contributed by atoms with Crippen molar-refractivity contribution in [1.29, 1.82) is 0 Å². The van der Waals surface area contributed by atoms with Crippen LogP contribution in [-0.2, 0) is 0 Å². The molecule has 0 saturated carbocycles. The third-order valence-electron chi connectivity index (χ3n) is 1.48. The molecule has 0 aliphatic carbocycles. The zero-order valence-electron chi connectivity index (χ0n) is 8.20. The van der Waals surface area contributed by atoms with Crippen LogP contribution in [0.3, 0.4) is 0 Å². The molecule has 0 saturated heterocycles. The van der Waals surface area contributed by atoms with Crippen molar-refractivity contribution in [3.63, 3.8) is 0 Å². The number of hydrogen-bond donors (Lipinski definition) is 0. The van der Waals surface area contributed by atoms with Gasteiger partial charge in [-0.2, -0.15) is 0 Å². The number of halogens is 2. The zero-order valence-corrected chi connectivity index (χ0v) is 8.20. The summed E-state index contributed by atoms with van der Waals surface area (Å²) in [5.74, 6) is -0.557. The lowest BCUT2D eigenvalue weighted by atomic mass is 10.2. The molecule has 0 fully saturated rings. The first-order valence-electron chi connectivity index (χ1n) is 3.97. The van der Waals surface area contributed by atoms with Gasteiger partial charge in [0.05, 0.1) is 11.7 Å². The fourth-order valence-electron chi connectivity index (χ4n) is 0.650. The summed E-state index contributed by atoms with van der Waals surface area (Å²) in [5, 5.41) is 0. The molecule has 0 aliphatic heterocycles. The van der Waals surface area contributed by atoms with Crippen LogP contribution in [0.4, 0.5) is 8.78 Å². The van der Waals surface area contributed by atoms with E-state index in [9.17, 15) is 8.78 Å². The van der Waals surface area contributed by atoms with E-state index in [4.69, 9.17) is 0 Å². The van der Waals surface area contributed by atoms with Gasteiger partial charge in [-0.25, -0.2) is 8.78 Å². The van der Waals surface area contributed by atoms with Crippen molar-refractivity contribution >= 4 is 0 Å². The standard InChI is InChI=1S/C11H14F2/c1-8(7-10(3)12)5-6-9(2)11(4)13/h5-7H,1H2,2-4H3/b6-5-,10-7-,11-9+. The van der Waals surface area contributed by atoms with Crippen LogP contribution in [0.1, 0.15) is 20.8 Å². The van der Waals surface area contributed by atoms with Gasteiger partial charge in [-0.05, 0) is 38.0 Å². The van der Waals surface area contributed by atoms with E-state index in [0.717, 1.165) is 0 Å². The van der Waals surface area contributed by atoms with Crippen molar-refractivity contribution in [3.8, 4) is 0 Å². The molecule has 0 amide bonds. The first-order chi connectivity index (χ1) is 5.93. The lowest BCUT2D eigenvalue weighted by Gasteiger charge is -1.93. The number of allylic oxidation sites excluding steroid dienone is 7. The van der Waals surface area contributed by atoms with Gasteiger partial charge in [0, 0.05) is 0 Å². The Balaban J connectivity index is 4.39. The second-order valence-corrected chi connectivity index (χ2v) is 2.86. The Hall–Kier alpha value is -1.18. The van der Waals surface area contributed by atoms with Crippen LogP contribution < -0.4 is 0 Å². The highest BCUT2D eigenvalue weighted by atomic mass is 19.1. The van der Waals surface area contributed by atoms with E-state index in [0.29, 0.717) is 11.1 Å². The number of hydrogen-bond acceptors (Lipinski definition) is 0. The first kappa shape index (κ1) is 11.8. The highest BCUT2D eigenvalue weighted by molar-refractivity contribution is 5.33. The van der Waals surface area contributed by atoms with Crippen LogP contribution in [0.5, 0.6) is 0 Å². The Labute approximate surface area is 78.0 Å². The molecule has 0 unspecified atom stereocenters. The summed E-state index contributed by atoms with van der Waals surface area (Å²) >= 11 is 0. The van der Waals surface area contributed by atoms with Crippen LogP contribution in [0.2, 0.25) is 0 Å². The molecule has 0 aromatic rings. The maximum absolute atomic E-state index is 12.5. The minimum Gasteiger partial charge on any atom is -0.212 e. The Morgan fingerprint density at radius 1 is 1.08 bits per heavy atom. The summed E-state index contributed by atoms with van der Waals surface area (Å²) in [6.45, 7) is 7.93. The van der Waals surface area contributed by atoms with Gasteiger partial charge in [-0.1, -0.05) is 18.7 Å². The summed E-state index contributed by atoms with van der Waals surface area (Å²) in [4.78, 5) is 0. The summed E-state index contributed by atoms with van der Waals surface area (Å²) in [6, 6.07) is 0. The maximum atomic E-state index is 12.5. The highest BCUT2D eigenvalue weighted by Crippen LogP contribution is 2.08. The van der Waals surface area contributed by atoms with Crippen LogP contribution in [0.15, 0.2) is 47.6 Å². The Kier molecular flexibility index (Phi) is 4.97. The van der Waals surface area contributed by atoms with Crippen molar-refractivity contribution < 1.29 is 8.78 Å². The van der Waals surface area contributed by atoms with Crippen molar-refractivity contribution in [2.75, 3.05) is 0 Å². The lowest BCUT2D eigenvalue weighted by Crippen LogP contribution is -1.74. The van der Waals surface area contributed by atoms with Crippen molar-refractivity contribution in [1.82, 2.24) is 0 Å². The molecule has 0 aliphatic rings. The predicted molar refractivity (Wildman–Crippen MR) is 52.6 cm³/mol. The van der Waals surface area contributed by atoms with Gasteiger partial charge in [0.1, 0.15) is 0 Å². The van der Waals surface area contributed by atoms with E-state index in [2.05, 4.69) is 6.58 Å². The quantitative estimate of drug-likeness (QED) is 0.575. The molecule has 72 valence electrons. The first-order valence-corrected chi connectivity index (χ1v) is 3.97. The SMILES string of the molecule is C=C(/C=C\C(C)=C(/C)F)/C=C(/C)F. The van der Waals surface area contributed by atoms with E-state index in [1.807, 2.05) is 0 Å². The van der Waals surface area contributed by atoms with Crippen molar-refractivity contribution in [2.24, 2.45) is 0 Å². The van der Waals surface area contributed by atoms with Gasteiger partial charge >= 0.3 is 0 Å². The largest absolute Gasteiger partial charge is 0.212 e. The van der Waals surface area contributed by atoms with Crippen LogP contribution >= 0.6 is 0 Å². The summed E-state index contributed by atoms with van der Waals surface area (Å²) in [6.07, 6.45) is 4.43. The van der Waals surface area contributed by atoms with Gasteiger partial charge in [0.25, 0.3) is 0 Å². The molecule has 0 nitrogen and oxygen atoms in total. The molecule has 0 heterocycles. The average Bonchev–Trinajstić information content (AvgIpc) is 1.98. The molecule has 0 aromatic carbocycles. The minimum absolute atomic E-state index is 0.245. The van der Waals surface area contributed by atoms with Gasteiger partial charge < -0.3 is 0 Å². The lowest BCUT2D eigenvalue weighted by molar-refractivity contribution is 0.631. The smallest absolute Gasteiger partial charge is 0.0997 e. The monoisotopic (exact) mass is 184 g/mol. The summed E-state index contributed by atoms with van der Waals surface area (Å²) < 4.78 is 24.8. The third-order valence-corrected chi connectivity index (χ3v) is 1.48. The van der Waals surface area contributed by atoms with E-state index in [1.54, 1.807) is 19.1 Å². The molecule has 0 N–H and O–H groups in total. The number of rotatable bonds is 3. The molecule has 13 heavy (non-hydrogen) atoms. The topological polar surface area (TPSA) is 0 Å². The van der Waals surface area contributed by atoms with Gasteiger partial charge in [0.15, 0.2) is 0 Å². The Morgan fingerprint density at radius 2 is 1.62 bits per heavy atom. The van der Waals surface area contributed by atoms with Crippen molar-refractivity contribution in [3.05, 3.63) is 47.6 Å². The molecule has 0 atom stereocenters. The average molecular weight is 184 g/mol. The second-order valence-electron chi connectivity index (χ2n) is 2.86. The van der Waals surface area contributed by atoms with Gasteiger partial charge in [0.2, 0.25) is 0 Å². The summed E-state index contributed by atoms with van der Waals surface area (Å²) in [7, 11) is 0. The van der Waals surface area contributed by atoms with Gasteiger partial charge in [-0.15, -0.1) is 0 Å². The molecular formula is C11H14F2. The van der Waals surface area contributed by atoms with Crippen LogP contribution in [-0.4, -0.2) is 0 Å². The Bertz CT molecular complexity index is 272. The maximum Gasteiger partial charge on any atom is 0.0997 e. The van der Waals surface area contributed by atoms with E-state index in [-0.39, 0.29) is 11.7 Å². The molecule has 0 spiro atoms. The van der Waals surface area contributed by atoms with E-state index < -0.39 is 0 Å². The minimum atomic E-state index is -0.312. The fraction of sp³-hybridized carbons (Fsp3) is 0.273. The third kappa shape index (κ3) is 6.02. The predicted octanol–water partition coefficient (Wildman–Crippen LogP) is 4.24. The second kappa shape index (κ2) is 5.46. The molecular weight excluding hydrogens is 170 g/mol. The Morgan fingerprint density at radius 3 is 2.00 bits per heavy atom. The molecule has 0 aromatic heterocycles. The van der Waals surface area contributed by atoms with Crippen LogP contribution in [0, 0.1) is 0 Å². The molecule has 0 bridgehead atoms. The van der Waals surface area contributed by atoms with E-state index >= 15 is 0 Å². The van der Waals surface area contributed by atoms with E-state index in [1.165, 1.54) is 19.9 Å². The normalized spacial score (nSPS) is 14.7. The fourth-order valence-corrected chi connectivity index (χ4v) is 0.650. The molecule has 2 heteroatoms. The zero-order chi connectivity index (χ0) is 10.4. The highest BCUT2D eigenvalue weighted by Gasteiger charge is 1.90. The van der Waals surface area contributed by atoms with Gasteiger partial charge in [-0.3, -0.25) is 0 Å². The van der Waals surface area contributed by atoms with Crippen LogP contribution in [0.25, 0.3) is 0 Å². The molecule has 0 radical (unpaired) electrons.